The minimum atomic E-state index is 1.05. The Balaban J connectivity index is 1.76. The predicted octanol–water partition coefficient (Wildman–Crippen LogP) is 7.32. The van der Waals surface area contributed by atoms with Gasteiger partial charge in [0.1, 0.15) is 5.82 Å². The van der Waals surface area contributed by atoms with Gasteiger partial charge in [0.15, 0.2) is 0 Å². The third-order valence-electron chi connectivity index (χ3n) is 5.12. The largest absolute Gasteiger partial charge is 0.335 e. The van der Waals surface area contributed by atoms with Gasteiger partial charge < -0.3 is 4.57 Å². The maximum Gasteiger partial charge on any atom is 0.108 e. The minimum Gasteiger partial charge on any atom is -0.335 e. The molecule has 0 saturated carbocycles. The smallest absolute Gasteiger partial charge is 0.108 e. The van der Waals surface area contributed by atoms with E-state index >= 15 is 0 Å². The van der Waals surface area contributed by atoms with Gasteiger partial charge in [-0.15, -0.1) is 0 Å². The SMILES string of the molecule is CCCCCCCCCCCCCCCCCn1ccnc1CC. The molecule has 1 aromatic heterocycles. The minimum absolute atomic E-state index is 1.05. The van der Waals surface area contributed by atoms with E-state index in [1.54, 1.807) is 0 Å². The van der Waals surface area contributed by atoms with Crippen LogP contribution in [0.15, 0.2) is 12.4 Å². The molecular weight excluding hydrogens is 292 g/mol. The molecule has 140 valence electrons. The molecule has 1 rings (SSSR count). The first-order valence-electron chi connectivity index (χ1n) is 10.9. The summed E-state index contributed by atoms with van der Waals surface area (Å²) >= 11 is 0. The van der Waals surface area contributed by atoms with Crippen molar-refractivity contribution in [3.05, 3.63) is 18.2 Å². The van der Waals surface area contributed by atoms with E-state index in [4.69, 9.17) is 0 Å². The highest BCUT2D eigenvalue weighted by molar-refractivity contribution is 4.91. The first kappa shape index (κ1) is 21.3. The summed E-state index contributed by atoms with van der Waals surface area (Å²) in [5.41, 5.74) is 0. The molecule has 0 aromatic carbocycles. The monoisotopic (exact) mass is 334 g/mol. The molecule has 0 aliphatic carbocycles. The zero-order valence-electron chi connectivity index (χ0n) is 16.6. The maximum absolute atomic E-state index is 4.39. The molecule has 1 heterocycles. The Bertz CT molecular complexity index is 370. The van der Waals surface area contributed by atoms with Crippen LogP contribution in [0.25, 0.3) is 0 Å². The van der Waals surface area contributed by atoms with E-state index < -0.39 is 0 Å². The van der Waals surface area contributed by atoms with Crippen molar-refractivity contribution in [1.29, 1.82) is 0 Å². The number of nitrogens with zero attached hydrogens (tertiary/aromatic N) is 2. The Hall–Kier alpha value is -0.790. The van der Waals surface area contributed by atoms with E-state index in [2.05, 4.69) is 29.6 Å². The van der Waals surface area contributed by atoms with Crippen molar-refractivity contribution < 1.29 is 0 Å². The molecule has 0 atom stereocenters. The highest BCUT2D eigenvalue weighted by atomic mass is 15.1. The summed E-state index contributed by atoms with van der Waals surface area (Å²) in [5.74, 6) is 1.24. The predicted molar refractivity (Wildman–Crippen MR) is 107 cm³/mol. The summed E-state index contributed by atoms with van der Waals surface area (Å²) in [6.45, 7) is 5.63. The fraction of sp³-hybridized carbons (Fsp3) is 0.864. The van der Waals surface area contributed by atoms with Crippen LogP contribution >= 0.6 is 0 Å². The van der Waals surface area contributed by atoms with Crippen LogP contribution < -0.4 is 0 Å². The van der Waals surface area contributed by atoms with Gasteiger partial charge in [-0.1, -0.05) is 104 Å². The van der Waals surface area contributed by atoms with Gasteiger partial charge >= 0.3 is 0 Å². The first-order valence-corrected chi connectivity index (χ1v) is 10.9. The van der Waals surface area contributed by atoms with Gasteiger partial charge in [0.2, 0.25) is 0 Å². The van der Waals surface area contributed by atoms with Gasteiger partial charge in [-0.05, 0) is 6.42 Å². The molecule has 0 amide bonds. The van der Waals surface area contributed by atoms with Crippen LogP contribution in [0.1, 0.15) is 116 Å². The van der Waals surface area contributed by atoms with Crippen molar-refractivity contribution in [2.45, 2.75) is 123 Å². The van der Waals surface area contributed by atoms with Gasteiger partial charge in [-0.25, -0.2) is 4.98 Å². The molecule has 0 unspecified atom stereocenters. The number of aryl methyl sites for hydroxylation is 2. The Kier molecular flexibility index (Phi) is 13.9. The van der Waals surface area contributed by atoms with E-state index in [1.165, 1.54) is 102 Å². The van der Waals surface area contributed by atoms with Crippen molar-refractivity contribution in [1.82, 2.24) is 9.55 Å². The molecule has 0 fully saturated rings. The highest BCUT2D eigenvalue weighted by Gasteiger charge is 1.99. The van der Waals surface area contributed by atoms with Crippen molar-refractivity contribution in [2.24, 2.45) is 0 Å². The lowest BCUT2D eigenvalue weighted by Gasteiger charge is -2.06. The molecule has 0 spiro atoms. The molecule has 0 radical (unpaired) electrons. The van der Waals surface area contributed by atoms with Crippen molar-refractivity contribution in [3.8, 4) is 0 Å². The van der Waals surface area contributed by atoms with Crippen LogP contribution in [0.3, 0.4) is 0 Å². The fourth-order valence-corrected chi connectivity index (χ4v) is 3.51. The quantitative estimate of drug-likeness (QED) is 0.273. The zero-order valence-corrected chi connectivity index (χ0v) is 16.6. The van der Waals surface area contributed by atoms with Crippen LogP contribution in [0.5, 0.6) is 0 Å². The van der Waals surface area contributed by atoms with Crippen LogP contribution in [-0.2, 0) is 13.0 Å². The lowest BCUT2D eigenvalue weighted by atomic mass is 10.0. The normalized spacial score (nSPS) is 11.2. The first-order chi connectivity index (χ1) is 11.9. The van der Waals surface area contributed by atoms with Crippen molar-refractivity contribution in [2.75, 3.05) is 0 Å². The number of imidazole rings is 1. The second kappa shape index (κ2) is 15.7. The highest BCUT2D eigenvalue weighted by Crippen LogP contribution is 2.13. The summed E-state index contributed by atoms with van der Waals surface area (Å²) in [7, 11) is 0. The molecule has 0 N–H and O–H groups in total. The van der Waals surface area contributed by atoms with Crippen molar-refractivity contribution >= 4 is 0 Å². The number of rotatable bonds is 17. The molecule has 0 saturated heterocycles. The second-order valence-corrected chi connectivity index (χ2v) is 7.34. The summed E-state index contributed by atoms with van der Waals surface area (Å²) in [6.07, 6.45) is 26.6. The Morgan fingerprint density at radius 3 is 1.58 bits per heavy atom. The van der Waals surface area contributed by atoms with Gasteiger partial charge in [0.05, 0.1) is 0 Å². The molecule has 0 aliphatic heterocycles. The lowest BCUT2D eigenvalue weighted by molar-refractivity contribution is 0.519. The molecule has 0 aliphatic rings. The number of hydrogen-bond donors (Lipinski definition) is 0. The van der Waals surface area contributed by atoms with E-state index in [-0.39, 0.29) is 0 Å². The average molecular weight is 335 g/mol. The molecule has 2 nitrogen and oxygen atoms in total. The van der Waals surface area contributed by atoms with E-state index in [1.807, 2.05) is 6.20 Å². The summed E-state index contributed by atoms with van der Waals surface area (Å²) in [6, 6.07) is 0. The number of aromatic nitrogens is 2. The lowest BCUT2D eigenvalue weighted by Crippen LogP contribution is -2.01. The van der Waals surface area contributed by atoms with Gasteiger partial charge in [0.25, 0.3) is 0 Å². The van der Waals surface area contributed by atoms with Crippen LogP contribution in [0.4, 0.5) is 0 Å². The fourth-order valence-electron chi connectivity index (χ4n) is 3.51. The Morgan fingerprint density at radius 2 is 1.12 bits per heavy atom. The Labute approximate surface area is 151 Å². The number of hydrogen-bond acceptors (Lipinski definition) is 1. The van der Waals surface area contributed by atoms with Crippen LogP contribution in [0.2, 0.25) is 0 Å². The van der Waals surface area contributed by atoms with Crippen LogP contribution in [-0.4, -0.2) is 9.55 Å². The topological polar surface area (TPSA) is 17.8 Å². The third-order valence-corrected chi connectivity index (χ3v) is 5.12. The zero-order chi connectivity index (χ0) is 17.3. The van der Waals surface area contributed by atoms with E-state index in [0.29, 0.717) is 0 Å². The maximum atomic E-state index is 4.39. The van der Waals surface area contributed by atoms with Crippen molar-refractivity contribution in [3.63, 3.8) is 0 Å². The second-order valence-electron chi connectivity index (χ2n) is 7.34. The third kappa shape index (κ3) is 10.9. The van der Waals surface area contributed by atoms with E-state index in [9.17, 15) is 0 Å². The van der Waals surface area contributed by atoms with Gasteiger partial charge in [-0.3, -0.25) is 0 Å². The average Bonchev–Trinajstić information content (AvgIpc) is 3.06. The number of unbranched alkanes of at least 4 members (excludes halogenated alkanes) is 14. The molecule has 24 heavy (non-hydrogen) atoms. The van der Waals surface area contributed by atoms with Gasteiger partial charge in [-0.2, -0.15) is 0 Å². The summed E-state index contributed by atoms with van der Waals surface area (Å²) < 4.78 is 2.32. The molecule has 1 aromatic rings. The van der Waals surface area contributed by atoms with E-state index in [0.717, 1.165) is 13.0 Å². The summed E-state index contributed by atoms with van der Waals surface area (Å²) in [4.78, 5) is 4.39. The standard InChI is InChI=1S/C22H42N2/c1-3-5-6-7-8-9-10-11-12-13-14-15-16-17-18-20-24-21-19-23-22(24)4-2/h19,21H,3-18,20H2,1-2H3. The Morgan fingerprint density at radius 1 is 0.667 bits per heavy atom. The summed E-state index contributed by atoms with van der Waals surface area (Å²) in [5, 5.41) is 0. The van der Waals surface area contributed by atoms with Gasteiger partial charge in [0, 0.05) is 25.4 Å². The molecular formula is C22H42N2. The molecule has 0 bridgehead atoms. The molecule has 2 heteroatoms. The van der Waals surface area contributed by atoms with Crippen LogP contribution in [0, 0.1) is 0 Å².